The number of rotatable bonds is 6. The van der Waals surface area contributed by atoms with Gasteiger partial charge < -0.3 is 10.2 Å². The summed E-state index contributed by atoms with van der Waals surface area (Å²) in [7, 11) is 0. The van der Waals surface area contributed by atoms with E-state index in [1.807, 2.05) is 0 Å². The average Bonchev–Trinajstić information content (AvgIpc) is 3.27. The van der Waals surface area contributed by atoms with E-state index in [9.17, 15) is 0 Å². The van der Waals surface area contributed by atoms with Gasteiger partial charge >= 0.3 is 0 Å². The Bertz CT molecular complexity index is 3250. The van der Waals surface area contributed by atoms with Gasteiger partial charge in [0.1, 0.15) is 0 Å². The summed E-state index contributed by atoms with van der Waals surface area (Å²) in [4.78, 5) is 2.46. The molecule has 0 unspecified atom stereocenters. The molecular weight excluding hydrogens is 689 g/mol. The minimum atomic E-state index is 0.759. The van der Waals surface area contributed by atoms with Crippen LogP contribution in [0.15, 0.2) is 207 Å². The minimum absolute atomic E-state index is 0.759. The van der Waals surface area contributed by atoms with Gasteiger partial charge in [0, 0.05) is 34.9 Å². The fourth-order valence-corrected chi connectivity index (χ4v) is 9.32. The molecule has 1 heterocycles. The molecule has 2 heteroatoms. The summed E-state index contributed by atoms with van der Waals surface area (Å²) in [5.74, 6) is 0. The molecule has 268 valence electrons. The summed E-state index contributed by atoms with van der Waals surface area (Å²) in [6.07, 6.45) is 2.68. The van der Waals surface area contributed by atoms with Crippen molar-refractivity contribution in [1.82, 2.24) is 0 Å². The van der Waals surface area contributed by atoms with Gasteiger partial charge in [0.25, 0.3) is 0 Å². The SMILES string of the molecule is C=CC(=C)Nc1ccc2c(-c3cc4ccccc4c4ccccc34)c3cc(N4c5ccccc5Cc5ccccc54)ccc3c(-c3cccc4ccccc34)c2c1. The third-order valence-electron chi connectivity index (χ3n) is 11.9. The largest absolute Gasteiger partial charge is 0.356 e. The first-order valence-electron chi connectivity index (χ1n) is 19.6. The molecule has 1 N–H and O–H groups in total. The number of fused-ring (bicyclic) bond motifs is 8. The van der Waals surface area contributed by atoms with Crippen LogP contribution in [0, 0.1) is 0 Å². The predicted octanol–water partition coefficient (Wildman–Crippen LogP) is 15.3. The van der Waals surface area contributed by atoms with Crippen LogP contribution >= 0.6 is 0 Å². The highest BCUT2D eigenvalue weighted by Crippen LogP contribution is 2.51. The monoisotopic (exact) mass is 726 g/mol. The molecule has 11 rings (SSSR count). The molecule has 0 saturated heterocycles. The summed E-state index contributed by atoms with van der Waals surface area (Å²) in [5.41, 5.74) is 12.8. The van der Waals surface area contributed by atoms with Crippen LogP contribution in [0.1, 0.15) is 11.1 Å². The van der Waals surface area contributed by atoms with Gasteiger partial charge in [-0.05, 0) is 136 Å². The van der Waals surface area contributed by atoms with Gasteiger partial charge in [-0.2, -0.15) is 0 Å². The molecule has 1 aliphatic rings. The lowest BCUT2D eigenvalue weighted by molar-refractivity contribution is 1.09. The first-order chi connectivity index (χ1) is 28.1. The first-order valence-corrected chi connectivity index (χ1v) is 19.6. The number of allylic oxidation sites excluding steroid dienone is 1. The summed E-state index contributed by atoms with van der Waals surface area (Å²) in [6.45, 7) is 8.18. The predicted molar refractivity (Wildman–Crippen MR) is 245 cm³/mol. The number of hydrogen-bond acceptors (Lipinski definition) is 2. The number of benzene rings is 10. The van der Waals surface area contributed by atoms with Crippen LogP contribution in [0.4, 0.5) is 22.7 Å². The van der Waals surface area contributed by atoms with E-state index >= 15 is 0 Å². The fraction of sp³-hybridized carbons (Fsp3) is 0.0182. The standard InChI is InChI=1S/C55H38N2/c1-3-35(2)56-40-27-29-47-50(33-40)54(46-24-14-19-36-15-4-8-20-42(36)46)48-30-28-41(57-52-25-12-6-17-38(52)31-39-18-7-13-26-53(39)57)34-51(48)55(47)49-32-37-16-5-9-21-43(37)44-22-10-11-23-45(44)49/h3-30,32-34,56H,1-2,31H2. The Labute approximate surface area is 332 Å². The quantitative estimate of drug-likeness (QED) is 0.104. The highest BCUT2D eigenvalue weighted by atomic mass is 15.2. The Hall–Kier alpha value is -7.42. The number of anilines is 4. The van der Waals surface area contributed by atoms with Crippen molar-refractivity contribution in [1.29, 1.82) is 0 Å². The Balaban J connectivity index is 1.32. The van der Waals surface area contributed by atoms with Crippen LogP contribution in [0.3, 0.4) is 0 Å². The summed E-state index contributed by atoms with van der Waals surface area (Å²) in [6, 6.07) is 67.2. The topological polar surface area (TPSA) is 15.3 Å². The van der Waals surface area contributed by atoms with Crippen molar-refractivity contribution in [2.45, 2.75) is 6.42 Å². The number of nitrogens with one attached hydrogen (secondary N) is 1. The van der Waals surface area contributed by atoms with Crippen molar-refractivity contribution in [2.75, 3.05) is 10.2 Å². The highest BCUT2D eigenvalue weighted by molar-refractivity contribution is 6.27. The Morgan fingerprint density at radius 3 is 1.79 bits per heavy atom. The van der Waals surface area contributed by atoms with Gasteiger partial charge in [0.05, 0.1) is 0 Å². The Morgan fingerprint density at radius 2 is 1.04 bits per heavy atom. The summed E-state index contributed by atoms with van der Waals surface area (Å²) < 4.78 is 0. The zero-order valence-corrected chi connectivity index (χ0v) is 31.5. The van der Waals surface area contributed by atoms with Crippen molar-refractivity contribution < 1.29 is 0 Å². The molecule has 0 atom stereocenters. The van der Waals surface area contributed by atoms with Gasteiger partial charge in [0.15, 0.2) is 0 Å². The number of hydrogen-bond donors (Lipinski definition) is 1. The molecule has 0 saturated carbocycles. The number of para-hydroxylation sites is 2. The molecule has 10 aromatic rings. The lowest BCUT2D eigenvalue weighted by Gasteiger charge is -2.34. The normalized spacial score (nSPS) is 12.2. The van der Waals surface area contributed by atoms with Crippen molar-refractivity contribution in [3.8, 4) is 22.3 Å². The van der Waals surface area contributed by atoms with Gasteiger partial charge in [0.2, 0.25) is 0 Å². The van der Waals surface area contributed by atoms with Crippen LogP contribution in [0.5, 0.6) is 0 Å². The first kappa shape index (κ1) is 33.0. The molecule has 2 nitrogen and oxygen atoms in total. The maximum Gasteiger partial charge on any atom is 0.0497 e. The number of nitrogens with zero attached hydrogens (tertiary/aromatic N) is 1. The van der Waals surface area contributed by atoms with E-state index in [2.05, 4.69) is 205 Å². The molecule has 57 heavy (non-hydrogen) atoms. The minimum Gasteiger partial charge on any atom is -0.356 e. The molecular formula is C55H38N2. The van der Waals surface area contributed by atoms with Gasteiger partial charge in [-0.25, -0.2) is 0 Å². The summed E-state index contributed by atoms with van der Waals surface area (Å²) >= 11 is 0. The molecule has 0 aromatic heterocycles. The fourth-order valence-electron chi connectivity index (χ4n) is 9.32. The van der Waals surface area contributed by atoms with Crippen LogP contribution in [0.25, 0.3) is 76.1 Å². The van der Waals surface area contributed by atoms with Crippen molar-refractivity contribution in [3.05, 3.63) is 218 Å². The van der Waals surface area contributed by atoms with Gasteiger partial charge in [-0.1, -0.05) is 153 Å². The van der Waals surface area contributed by atoms with Crippen molar-refractivity contribution in [2.24, 2.45) is 0 Å². The molecule has 0 fully saturated rings. The molecule has 0 radical (unpaired) electrons. The molecule has 0 amide bonds. The maximum atomic E-state index is 4.20. The molecule has 0 spiro atoms. The molecule has 10 aromatic carbocycles. The second-order valence-electron chi connectivity index (χ2n) is 15.1. The maximum absolute atomic E-state index is 4.20. The van der Waals surface area contributed by atoms with E-state index in [0.29, 0.717) is 0 Å². The molecule has 1 aliphatic heterocycles. The lowest BCUT2D eigenvalue weighted by Crippen LogP contribution is -2.18. The third-order valence-corrected chi connectivity index (χ3v) is 11.9. The van der Waals surface area contributed by atoms with E-state index in [-0.39, 0.29) is 0 Å². The van der Waals surface area contributed by atoms with Gasteiger partial charge in [-0.15, -0.1) is 0 Å². The summed E-state index contributed by atoms with van der Waals surface area (Å²) in [5, 5.41) is 15.7. The van der Waals surface area contributed by atoms with Crippen LogP contribution in [-0.2, 0) is 6.42 Å². The van der Waals surface area contributed by atoms with E-state index in [0.717, 1.165) is 23.5 Å². The lowest BCUT2D eigenvalue weighted by atomic mass is 9.82. The smallest absolute Gasteiger partial charge is 0.0497 e. The van der Waals surface area contributed by atoms with E-state index in [4.69, 9.17) is 0 Å². The van der Waals surface area contributed by atoms with Gasteiger partial charge in [-0.3, -0.25) is 0 Å². The highest BCUT2D eigenvalue weighted by Gasteiger charge is 2.26. The average molecular weight is 727 g/mol. The second kappa shape index (κ2) is 13.1. The zero-order chi connectivity index (χ0) is 38.0. The molecule has 0 aliphatic carbocycles. The third kappa shape index (κ3) is 5.26. The van der Waals surface area contributed by atoms with Crippen molar-refractivity contribution in [3.63, 3.8) is 0 Å². The van der Waals surface area contributed by atoms with E-state index < -0.39 is 0 Å². The molecule has 0 bridgehead atoms. The van der Waals surface area contributed by atoms with Crippen LogP contribution in [0.2, 0.25) is 0 Å². The van der Waals surface area contributed by atoms with Crippen molar-refractivity contribution >= 4 is 76.6 Å². The Kier molecular flexibility index (Phi) is 7.58. The van der Waals surface area contributed by atoms with Crippen LogP contribution in [-0.4, -0.2) is 0 Å². The van der Waals surface area contributed by atoms with E-state index in [1.54, 1.807) is 6.08 Å². The second-order valence-corrected chi connectivity index (χ2v) is 15.1. The Morgan fingerprint density at radius 1 is 0.456 bits per heavy atom. The van der Waals surface area contributed by atoms with E-state index in [1.165, 1.54) is 98.6 Å². The zero-order valence-electron chi connectivity index (χ0n) is 31.5. The van der Waals surface area contributed by atoms with Crippen LogP contribution < -0.4 is 10.2 Å².